The molecule has 0 amide bonds. The van der Waals surface area contributed by atoms with E-state index in [9.17, 15) is 0 Å². The van der Waals surface area contributed by atoms with Crippen molar-refractivity contribution in [1.82, 2.24) is 9.78 Å². The van der Waals surface area contributed by atoms with Gasteiger partial charge >= 0.3 is 0 Å². The van der Waals surface area contributed by atoms with Crippen LogP contribution in [0.4, 0.5) is 0 Å². The van der Waals surface area contributed by atoms with E-state index in [1.54, 1.807) is 14.2 Å². The average Bonchev–Trinajstić information content (AvgIpc) is 3.11. The summed E-state index contributed by atoms with van der Waals surface area (Å²) in [4.78, 5) is 0. The Morgan fingerprint density at radius 3 is 1.89 bits per heavy atom. The van der Waals surface area contributed by atoms with Crippen LogP contribution in [0.1, 0.15) is 0 Å². The van der Waals surface area contributed by atoms with Crippen molar-refractivity contribution in [3.8, 4) is 39.7 Å². The topological polar surface area (TPSA) is 36.3 Å². The molecule has 0 aliphatic heterocycles. The van der Waals surface area contributed by atoms with Crippen LogP contribution >= 0.6 is 11.6 Å². The Labute approximate surface area is 168 Å². The van der Waals surface area contributed by atoms with Gasteiger partial charge in [-0.2, -0.15) is 5.10 Å². The zero-order valence-corrected chi connectivity index (χ0v) is 16.4. The maximum Gasteiger partial charge on any atom is 0.128 e. The Hall–Kier alpha value is -3.24. The van der Waals surface area contributed by atoms with Gasteiger partial charge in [0.1, 0.15) is 17.2 Å². The predicted octanol–water partition coefficient (Wildman–Crippen LogP) is 5.88. The largest absolute Gasteiger partial charge is 0.496 e. The number of hydrogen-bond donors (Lipinski definition) is 0. The third-order valence-electron chi connectivity index (χ3n) is 4.55. The predicted molar refractivity (Wildman–Crippen MR) is 113 cm³/mol. The first-order chi connectivity index (χ1) is 13.7. The van der Waals surface area contributed by atoms with Gasteiger partial charge < -0.3 is 9.47 Å². The molecule has 0 saturated heterocycles. The fourth-order valence-corrected chi connectivity index (χ4v) is 3.56. The molecular weight excluding hydrogens is 372 g/mol. The van der Waals surface area contributed by atoms with Crippen LogP contribution in [0, 0.1) is 0 Å². The lowest BCUT2D eigenvalue weighted by molar-refractivity contribution is 0.416. The second kappa shape index (κ2) is 7.79. The molecule has 0 aliphatic carbocycles. The summed E-state index contributed by atoms with van der Waals surface area (Å²) in [5.41, 5.74) is 4.04. The van der Waals surface area contributed by atoms with Crippen LogP contribution in [-0.2, 0) is 0 Å². The number of benzene rings is 3. The number of rotatable bonds is 5. The van der Waals surface area contributed by atoms with Crippen molar-refractivity contribution in [2.24, 2.45) is 0 Å². The first kappa shape index (κ1) is 18.1. The molecular formula is C23H19ClN2O2. The summed E-state index contributed by atoms with van der Waals surface area (Å²) in [5.74, 6) is 1.45. The third kappa shape index (κ3) is 3.12. The van der Waals surface area contributed by atoms with Crippen LogP contribution < -0.4 is 9.47 Å². The SMILES string of the molecule is COc1ccccc1-c1nn(-c2ccccc2)c(-c2ccccc2OC)c1Cl. The Balaban J connectivity index is 2.03. The molecule has 0 radical (unpaired) electrons. The molecule has 28 heavy (non-hydrogen) atoms. The fourth-order valence-electron chi connectivity index (χ4n) is 3.24. The van der Waals surface area contributed by atoms with Crippen molar-refractivity contribution < 1.29 is 9.47 Å². The summed E-state index contributed by atoms with van der Waals surface area (Å²) in [7, 11) is 3.29. The van der Waals surface area contributed by atoms with E-state index >= 15 is 0 Å². The van der Waals surface area contributed by atoms with E-state index in [1.807, 2.05) is 83.5 Å². The normalized spacial score (nSPS) is 10.7. The van der Waals surface area contributed by atoms with Gasteiger partial charge in [0.2, 0.25) is 0 Å². The molecule has 0 N–H and O–H groups in total. The van der Waals surface area contributed by atoms with Crippen molar-refractivity contribution >= 4 is 11.6 Å². The number of methoxy groups -OCH3 is 2. The Morgan fingerprint density at radius 1 is 0.714 bits per heavy atom. The number of hydrogen-bond acceptors (Lipinski definition) is 3. The van der Waals surface area contributed by atoms with Crippen LogP contribution in [0.3, 0.4) is 0 Å². The van der Waals surface area contributed by atoms with Crippen molar-refractivity contribution in [3.63, 3.8) is 0 Å². The maximum atomic E-state index is 6.91. The van der Waals surface area contributed by atoms with E-state index in [0.29, 0.717) is 16.5 Å². The first-order valence-corrected chi connectivity index (χ1v) is 9.23. The highest BCUT2D eigenvalue weighted by atomic mass is 35.5. The Morgan fingerprint density at radius 2 is 1.25 bits per heavy atom. The van der Waals surface area contributed by atoms with Gasteiger partial charge in [-0.05, 0) is 36.4 Å². The molecule has 0 fully saturated rings. The molecule has 0 atom stereocenters. The molecule has 1 heterocycles. The third-order valence-corrected chi connectivity index (χ3v) is 4.91. The minimum absolute atomic E-state index is 0.540. The second-order valence-corrected chi connectivity index (χ2v) is 6.54. The summed E-state index contributed by atoms with van der Waals surface area (Å²) in [6.45, 7) is 0. The summed E-state index contributed by atoms with van der Waals surface area (Å²) >= 11 is 6.91. The van der Waals surface area contributed by atoms with Crippen molar-refractivity contribution in [2.45, 2.75) is 0 Å². The molecule has 140 valence electrons. The van der Waals surface area contributed by atoms with E-state index in [2.05, 4.69) is 0 Å². The van der Waals surface area contributed by atoms with Crippen molar-refractivity contribution in [2.75, 3.05) is 14.2 Å². The standard InChI is InChI=1S/C23H19ClN2O2/c1-27-19-14-8-6-12-17(19)22-21(24)23(18-13-7-9-15-20(18)28-2)26(25-22)16-10-4-3-5-11-16/h3-15H,1-2H3. The molecule has 5 heteroatoms. The van der Waals surface area contributed by atoms with E-state index < -0.39 is 0 Å². The minimum Gasteiger partial charge on any atom is -0.496 e. The first-order valence-electron chi connectivity index (χ1n) is 8.85. The quantitative estimate of drug-likeness (QED) is 0.427. The summed E-state index contributed by atoms with van der Waals surface area (Å²) in [6.07, 6.45) is 0. The van der Waals surface area contributed by atoms with Gasteiger partial charge in [0, 0.05) is 11.1 Å². The van der Waals surface area contributed by atoms with E-state index in [1.165, 1.54) is 0 Å². The molecule has 0 bridgehead atoms. The second-order valence-electron chi connectivity index (χ2n) is 6.16. The van der Waals surface area contributed by atoms with E-state index in [-0.39, 0.29) is 0 Å². The maximum absolute atomic E-state index is 6.91. The molecule has 4 rings (SSSR count). The van der Waals surface area contributed by atoms with Gasteiger partial charge in [-0.3, -0.25) is 0 Å². The minimum atomic E-state index is 0.540. The lowest BCUT2D eigenvalue weighted by Gasteiger charge is -2.11. The summed E-state index contributed by atoms with van der Waals surface area (Å²) in [6, 6.07) is 25.4. The van der Waals surface area contributed by atoms with Crippen LogP contribution in [0.5, 0.6) is 11.5 Å². The smallest absolute Gasteiger partial charge is 0.128 e. The molecule has 4 aromatic rings. The highest BCUT2D eigenvalue weighted by Crippen LogP contribution is 2.43. The Bertz CT molecular complexity index is 1110. The monoisotopic (exact) mass is 390 g/mol. The summed E-state index contributed by atoms with van der Waals surface area (Å²) in [5, 5.41) is 5.40. The van der Waals surface area contributed by atoms with Crippen LogP contribution in [-0.4, -0.2) is 24.0 Å². The lowest BCUT2D eigenvalue weighted by Crippen LogP contribution is -2.00. The molecule has 0 saturated carbocycles. The average molecular weight is 391 g/mol. The van der Waals surface area contributed by atoms with Crippen LogP contribution in [0.15, 0.2) is 78.9 Å². The van der Waals surface area contributed by atoms with Crippen LogP contribution in [0.25, 0.3) is 28.2 Å². The molecule has 0 unspecified atom stereocenters. The number of ether oxygens (including phenoxy) is 2. The molecule has 0 spiro atoms. The van der Waals surface area contributed by atoms with E-state index in [4.69, 9.17) is 26.2 Å². The van der Waals surface area contributed by atoms with Crippen molar-refractivity contribution in [1.29, 1.82) is 0 Å². The van der Waals surface area contributed by atoms with Gasteiger partial charge in [0.15, 0.2) is 0 Å². The highest BCUT2D eigenvalue weighted by molar-refractivity contribution is 6.36. The van der Waals surface area contributed by atoms with Crippen LogP contribution in [0.2, 0.25) is 5.02 Å². The molecule has 1 aromatic heterocycles. The van der Waals surface area contributed by atoms with Crippen molar-refractivity contribution in [3.05, 3.63) is 83.9 Å². The van der Waals surface area contributed by atoms with Gasteiger partial charge in [0.25, 0.3) is 0 Å². The molecule has 4 nitrogen and oxygen atoms in total. The number of nitrogens with zero attached hydrogens (tertiary/aromatic N) is 2. The number of aromatic nitrogens is 2. The number of para-hydroxylation sites is 3. The fraction of sp³-hybridized carbons (Fsp3) is 0.0870. The zero-order chi connectivity index (χ0) is 19.5. The number of halogens is 1. The van der Waals surface area contributed by atoms with Gasteiger partial charge in [-0.25, -0.2) is 4.68 Å². The van der Waals surface area contributed by atoms with E-state index in [0.717, 1.165) is 28.3 Å². The molecule has 3 aromatic carbocycles. The zero-order valence-electron chi connectivity index (χ0n) is 15.6. The Kier molecular flexibility index (Phi) is 5.04. The van der Waals surface area contributed by atoms with Gasteiger partial charge in [-0.1, -0.05) is 54.1 Å². The molecule has 0 aliphatic rings. The van der Waals surface area contributed by atoms with Gasteiger partial charge in [-0.15, -0.1) is 0 Å². The summed E-state index contributed by atoms with van der Waals surface area (Å²) < 4.78 is 13.0. The highest BCUT2D eigenvalue weighted by Gasteiger charge is 2.24. The van der Waals surface area contributed by atoms with Gasteiger partial charge in [0.05, 0.1) is 30.6 Å². The lowest BCUT2D eigenvalue weighted by atomic mass is 10.1.